The fraction of sp³-hybridized carbons (Fsp3) is 0.547. The molecule has 0 aromatic heterocycles. The van der Waals surface area contributed by atoms with Gasteiger partial charge in [0.25, 0.3) is 35.4 Å². The molecular formula is C106H117N11O23. The zero-order chi connectivity index (χ0) is 99.7. The van der Waals surface area contributed by atoms with Crippen molar-refractivity contribution in [1.29, 1.82) is 0 Å². The van der Waals surface area contributed by atoms with E-state index in [1.165, 1.54) is 132 Å². The molecule has 13 aliphatic heterocycles. The molecule has 13 aliphatic carbocycles. The first kappa shape index (κ1) is 96.0. The highest BCUT2D eigenvalue weighted by Gasteiger charge is 2.73. The van der Waals surface area contributed by atoms with Gasteiger partial charge in [0, 0.05) is 132 Å². The van der Waals surface area contributed by atoms with Crippen LogP contribution in [0.3, 0.4) is 0 Å². The van der Waals surface area contributed by atoms with Gasteiger partial charge < -0.3 is 4.74 Å². The van der Waals surface area contributed by atoms with E-state index >= 15 is 0 Å². The summed E-state index contributed by atoms with van der Waals surface area (Å²) >= 11 is 0. The first-order valence-electron chi connectivity index (χ1n) is 49.3. The predicted octanol–water partition coefficient (Wildman–Crippen LogP) is 6.47. The molecule has 13 heterocycles. The van der Waals surface area contributed by atoms with Crippen molar-refractivity contribution >= 4 is 141 Å². The van der Waals surface area contributed by atoms with E-state index < -0.39 is 0 Å². The Hall–Kier alpha value is -12.9. The second kappa shape index (κ2) is 36.6. The van der Waals surface area contributed by atoms with Crippen LogP contribution >= 0.6 is 0 Å². The molecule has 26 aliphatic rings. The molecule has 22 amide bonds. The van der Waals surface area contributed by atoms with Crippen molar-refractivity contribution < 1.29 is 110 Å². The van der Waals surface area contributed by atoms with Crippen molar-refractivity contribution in [3.8, 4) is 0 Å². The molecule has 30 unspecified atom stereocenters. The third-order valence-electron chi connectivity index (χ3n) is 36.3. The number of hydrogen-bond acceptors (Lipinski definition) is 23. The Bertz CT molecular complexity index is 5730. The maximum atomic E-state index is 12.3. The molecule has 9 saturated heterocycles. The van der Waals surface area contributed by atoms with Crippen LogP contribution in [0.5, 0.6) is 0 Å². The Kier molecular flexibility index (Phi) is 25.1. The topological polar surface area (TPSA) is 420 Å². The maximum Gasteiger partial charge on any atom is 0.261 e. The van der Waals surface area contributed by atoms with E-state index in [1.807, 2.05) is 48.6 Å². The lowest BCUT2D eigenvalue weighted by atomic mass is 9.64. The van der Waals surface area contributed by atoms with Crippen LogP contribution in [0.1, 0.15) is 151 Å². The lowest BCUT2D eigenvalue weighted by molar-refractivity contribution is -0.147. The zero-order valence-electron chi connectivity index (χ0n) is 80.2. The number of nitrogens with zero attached hydrogens (tertiary/aromatic N) is 11. The third kappa shape index (κ3) is 15.4. The summed E-state index contributed by atoms with van der Waals surface area (Å²) in [6.45, 7) is 0. The third-order valence-corrected chi connectivity index (χ3v) is 36.3. The average Bonchev–Trinajstić information content (AvgIpc) is 1.52. The van der Waals surface area contributed by atoms with E-state index in [4.69, 9.17) is 4.74 Å². The monoisotopic (exact) mass is 1910 g/mol. The fourth-order valence-electron chi connectivity index (χ4n) is 29.6. The molecule has 0 spiro atoms. The van der Waals surface area contributed by atoms with E-state index in [1.54, 1.807) is 78.7 Å². The first-order valence-corrected chi connectivity index (χ1v) is 49.3. The van der Waals surface area contributed by atoms with Gasteiger partial charge in [-0.25, -0.2) is 0 Å². The molecule has 34 nitrogen and oxygen atoms in total. The summed E-state index contributed by atoms with van der Waals surface area (Å²) < 4.78 is 5.45. The number of rotatable bonds is 0. The van der Waals surface area contributed by atoms with E-state index in [-0.39, 0.29) is 213 Å². The van der Waals surface area contributed by atoms with Crippen LogP contribution in [0.2, 0.25) is 0 Å². The summed E-state index contributed by atoms with van der Waals surface area (Å²) in [7, 11) is 17.2. The number of likely N-dealkylation sites (N-methyl/N-ethyl adjacent to an activating group) is 1. The van der Waals surface area contributed by atoms with Gasteiger partial charge in [-0.2, -0.15) is 0 Å². The van der Waals surface area contributed by atoms with Crippen molar-refractivity contribution in [3.05, 3.63) is 144 Å². The standard InChI is InChI=1S/C15H19NO2.C15H17NO2.C13H9NO2.C10H13NO2.C10H11NO2.C9H9NO3.C9H11NO2.C9H7NO2.C6H9NO2.C5H7NO2.C5H5NO2/c2*1-16-14(17)12-8-5-9(13(12)15(16)18)11-7-3-2-6(4-7)10(8)11;1-14-12(15)9-6-2-4-8-5-3-7-10(11(8)9)13(14)16;2*1-11-9(12)7-5-2-3-6(4-5)8(7)10(11)13;1-10-8(11)6-4-2-3-5(13-4)7(6)9(10)12;2*1-10-8(11)6-4-2-3-5-7(6)9(10)12;1-7-5(8)3-2-4-6(7)9;2*1-6-4(7)2-3-5(6)8/h6-13H,2-5H2,1H3;2-3,6-13H,4-5H2,1H3;2-7H,1H3;5-8H,2-4H2,1H3;2-3,5-8H,4H2,1H3;2-7H,1H3;2-3,6-7H,4-5H2,1H3;2-5H,1H3;2-4H2,1H3;2-3H2,1H3;2-3H,1H3. The highest BCUT2D eigenvalue weighted by Crippen LogP contribution is 2.73. The van der Waals surface area contributed by atoms with Gasteiger partial charge in [-0.3, -0.25) is 159 Å². The van der Waals surface area contributed by atoms with Crippen LogP contribution in [0.25, 0.3) is 10.8 Å². The molecule has 14 bridgehead atoms. The molecule has 140 heavy (non-hydrogen) atoms. The molecule has 0 radical (unpaired) electrons. The number of hydrogen-bond donors (Lipinski definition) is 0. The van der Waals surface area contributed by atoms with E-state index in [0.717, 1.165) is 99.5 Å². The molecule has 3 aromatic rings. The number of likely N-dealkylation sites (tertiary alicyclic amines) is 8. The second-order valence-corrected chi connectivity index (χ2v) is 42.5. The average molecular weight is 1910 g/mol. The van der Waals surface area contributed by atoms with Crippen LogP contribution in [0.4, 0.5) is 0 Å². The SMILES string of the molecule is CN1C(=O)C2C3C=CC(C3)C2C1=O.CN1C(=O)C2C3C=CC(O3)C2C1=O.CN1C(=O)C2C3CC(C2C1=O)C1C2C=CC(C2)C31.CN1C(=O)C2C3CC(C2C1=O)C1C2CCC(C2)C31.CN1C(=O)C2C3CCC(C3)C2C1=O.CN1C(=O)C2CC=CCC2C1=O.CN1C(=O)C=CC1=O.CN1C(=O)CCC1=O.CN1C(=O)CCCC1=O.CN1C(=O)c2cccc3cccc(c23)C1=O.CN1C(=O)c2ccccc2C1=O. The Morgan fingerprint density at radius 3 is 0.929 bits per heavy atom. The van der Waals surface area contributed by atoms with Crippen molar-refractivity contribution in [3.63, 3.8) is 0 Å². The van der Waals surface area contributed by atoms with Crippen LogP contribution in [-0.2, 0) is 91.0 Å². The van der Waals surface area contributed by atoms with Crippen LogP contribution in [0.15, 0.2) is 121 Å². The maximum absolute atomic E-state index is 12.3. The molecule has 19 fully saturated rings. The molecule has 3 aromatic carbocycles. The summed E-state index contributed by atoms with van der Waals surface area (Å²) in [5, 5.41) is 1.71. The van der Waals surface area contributed by atoms with Gasteiger partial charge in [-0.05, 0) is 208 Å². The number of piperidine rings is 1. The van der Waals surface area contributed by atoms with Gasteiger partial charge >= 0.3 is 0 Å². The minimum Gasteiger partial charge on any atom is -0.365 e. The summed E-state index contributed by atoms with van der Waals surface area (Å²) in [6.07, 6.45) is 35.3. The van der Waals surface area contributed by atoms with Crippen molar-refractivity contribution in [2.45, 2.75) is 121 Å². The largest absolute Gasteiger partial charge is 0.365 e. The number of allylic oxidation sites excluding steroid dienone is 6. The van der Waals surface area contributed by atoms with Crippen molar-refractivity contribution in [2.75, 3.05) is 77.5 Å². The first-order chi connectivity index (χ1) is 66.7. The van der Waals surface area contributed by atoms with Crippen molar-refractivity contribution in [2.24, 2.45) is 166 Å². The molecule has 734 valence electrons. The highest BCUT2D eigenvalue weighted by atomic mass is 16.5. The number of carbonyl (C=O) groups excluding carboxylic acids is 22. The number of imide groups is 11. The number of carbonyl (C=O) groups is 22. The van der Waals surface area contributed by atoms with Crippen LogP contribution < -0.4 is 0 Å². The molecule has 0 N–H and O–H groups in total. The Balaban J connectivity index is 0.0000000990. The minimum atomic E-state index is -0.243. The molecule has 30 atom stereocenters. The lowest BCUT2D eigenvalue weighted by Crippen LogP contribution is -2.39. The predicted molar refractivity (Wildman–Crippen MR) is 494 cm³/mol. The van der Waals surface area contributed by atoms with E-state index in [0.29, 0.717) is 107 Å². The molecule has 10 saturated carbocycles. The minimum absolute atomic E-state index is 0.00523. The summed E-state index contributed by atoms with van der Waals surface area (Å²) in [5.74, 6) is 8.80. The van der Waals surface area contributed by atoms with Gasteiger partial charge in [0.15, 0.2) is 0 Å². The van der Waals surface area contributed by atoms with Gasteiger partial charge in [-0.15, -0.1) is 0 Å². The summed E-state index contributed by atoms with van der Waals surface area (Å²) in [6, 6.07) is 17.9. The van der Waals surface area contributed by atoms with Gasteiger partial charge in [0.2, 0.25) is 94.5 Å². The Labute approximate surface area is 808 Å². The number of fused-ring (bicyclic) bond motifs is 41. The van der Waals surface area contributed by atoms with E-state index in [2.05, 4.69) is 24.3 Å². The summed E-state index contributed by atoms with van der Waals surface area (Å²) in [4.78, 5) is 265. The number of ether oxygens (including phenoxy) is 1. The Morgan fingerprint density at radius 2 is 0.564 bits per heavy atom. The second-order valence-electron chi connectivity index (χ2n) is 42.5. The van der Waals surface area contributed by atoms with E-state index in [9.17, 15) is 105 Å². The molecular weight excluding hydrogens is 1800 g/mol. The zero-order valence-corrected chi connectivity index (χ0v) is 80.2. The quantitative estimate of drug-likeness (QED) is 0.132. The highest BCUT2D eigenvalue weighted by molar-refractivity contribution is 6.25. The lowest BCUT2D eigenvalue weighted by Gasteiger charge is -2.38. The molecule has 34 heteroatoms. The normalized spacial score (nSPS) is 37.8. The van der Waals surface area contributed by atoms with Gasteiger partial charge in [-0.1, -0.05) is 85.0 Å². The number of amides is 22. The van der Waals surface area contributed by atoms with Crippen LogP contribution in [0, 0.1) is 166 Å². The van der Waals surface area contributed by atoms with Crippen molar-refractivity contribution in [1.82, 2.24) is 53.9 Å². The fourth-order valence-corrected chi connectivity index (χ4v) is 29.6. The number of benzene rings is 3. The summed E-state index contributed by atoms with van der Waals surface area (Å²) in [5.41, 5.74) is 2.22. The molecule has 29 rings (SSSR count). The van der Waals surface area contributed by atoms with Gasteiger partial charge in [0.1, 0.15) is 0 Å². The van der Waals surface area contributed by atoms with Crippen LogP contribution in [-0.4, -0.2) is 274 Å². The van der Waals surface area contributed by atoms with Gasteiger partial charge in [0.05, 0.1) is 94.3 Å². The Morgan fingerprint density at radius 1 is 0.257 bits per heavy atom. The smallest absolute Gasteiger partial charge is 0.261 e.